The van der Waals surface area contributed by atoms with Gasteiger partial charge in [-0.25, -0.2) is 17.2 Å². The maximum atomic E-state index is 15.1. The van der Waals surface area contributed by atoms with Crippen molar-refractivity contribution in [1.82, 2.24) is 14.8 Å². The molecule has 0 radical (unpaired) electrons. The van der Waals surface area contributed by atoms with E-state index in [-0.39, 0.29) is 20.9 Å². The number of rotatable bonds is 5. The molecule has 34 heavy (non-hydrogen) atoms. The highest BCUT2D eigenvalue weighted by Gasteiger charge is 2.34. The van der Waals surface area contributed by atoms with Crippen LogP contribution in [-0.2, 0) is 14.6 Å². The topological polar surface area (TPSA) is 70.6 Å². The van der Waals surface area contributed by atoms with E-state index in [1.165, 1.54) is 29.2 Å². The summed E-state index contributed by atoms with van der Waals surface area (Å²) in [5.74, 6) is -1.51. The maximum absolute atomic E-state index is 15.1. The molecule has 1 fully saturated rings. The van der Waals surface area contributed by atoms with E-state index in [4.69, 9.17) is 11.6 Å². The molecule has 1 amide bonds. The summed E-state index contributed by atoms with van der Waals surface area (Å²) in [5.41, 5.74) is 0.553. The lowest BCUT2D eigenvalue weighted by Gasteiger charge is -2.39. The van der Waals surface area contributed by atoms with Gasteiger partial charge < -0.3 is 9.80 Å². The summed E-state index contributed by atoms with van der Waals surface area (Å²) in [5, 5.41) is 0.352. The zero-order valence-electron chi connectivity index (χ0n) is 18.5. The minimum absolute atomic E-state index is 0.00778. The van der Waals surface area contributed by atoms with E-state index >= 15 is 4.39 Å². The number of sulfone groups is 1. The lowest BCUT2D eigenvalue weighted by atomic mass is 9.91. The second-order valence-electron chi connectivity index (χ2n) is 8.20. The Hall–Kier alpha value is -2.88. The van der Waals surface area contributed by atoms with E-state index < -0.39 is 27.5 Å². The third-order valence-corrected chi connectivity index (χ3v) is 8.02. The fraction of sp³-hybridized carbons (Fsp3) is 0.250. The van der Waals surface area contributed by atoms with Gasteiger partial charge in [0.05, 0.1) is 15.8 Å². The highest BCUT2D eigenvalue weighted by molar-refractivity contribution is 7.91. The van der Waals surface area contributed by atoms with E-state index in [0.29, 0.717) is 42.3 Å². The van der Waals surface area contributed by atoms with Crippen molar-refractivity contribution in [3.8, 4) is 11.1 Å². The molecule has 0 bridgehead atoms. The van der Waals surface area contributed by atoms with Crippen LogP contribution in [0.5, 0.6) is 0 Å². The van der Waals surface area contributed by atoms with Crippen LogP contribution in [0, 0.1) is 18.6 Å². The number of benzene rings is 2. The largest absolute Gasteiger partial charge is 0.336 e. The number of likely N-dealkylation sites (N-methyl/N-ethyl adjacent to an activating group) is 1. The average Bonchev–Trinajstić information content (AvgIpc) is 2.80. The molecule has 0 spiro atoms. The molecule has 178 valence electrons. The number of nitrogens with zero attached hydrogens (tertiary/aromatic N) is 3. The Bertz CT molecular complexity index is 1350. The quantitative estimate of drug-likeness (QED) is 0.484. The summed E-state index contributed by atoms with van der Waals surface area (Å²) in [4.78, 5) is 19.4. The van der Waals surface area contributed by atoms with Crippen molar-refractivity contribution in [2.24, 2.45) is 0 Å². The van der Waals surface area contributed by atoms with Gasteiger partial charge in [-0.1, -0.05) is 11.6 Å². The summed E-state index contributed by atoms with van der Waals surface area (Å²) in [6.07, 6.45) is 1.84. The van der Waals surface area contributed by atoms with Gasteiger partial charge in [0.25, 0.3) is 0 Å². The van der Waals surface area contributed by atoms with Crippen LogP contribution in [0.25, 0.3) is 11.1 Å². The Balaban J connectivity index is 2.07. The number of piperazine rings is 1. The van der Waals surface area contributed by atoms with Gasteiger partial charge in [-0.15, -0.1) is 0 Å². The summed E-state index contributed by atoms with van der Waals surface area (Å²) >= 11 is 5.92. The van der Waals surface area contributed by atoms with Gasteiger partial charge in [0.15, 0.2) is 0 Å². The molecule has 1 aliphatic rings. The molecule has 1 aliphatic heterocycles. The number of aryl methyl sites for hydroxylation is 1. The molecule has 6 nitrogen and oxygen atoms in total. The molecule has 10 heteroatoms. The van der Waals surface area contributed by atoms with Crippen LogP contribution in [0.3, 0.4) is 0 Å². The first-order chi connectivity index (χ1) is 16.1. The minimum Gasteiger partial charge on any atom is -0.336 e. The van der Waals surface area contributed by atoms with Gasteiger partial charge >= 0.3 is 0 Å². The third-order valence-electron chi connectivity index (χ3n) is 5.99. The van der Waals surface area contributed by atoms with Crippen LogP contribution in [0.4, 0.5) is 8.78 Å². The van der Waals surface area contributed by atoms with Gasteiger partial charge in [-0.3, -0.25) is 9.78 Å². The zero-order valence-corrected chi connectivity index (χ0v) is 20.1. The molecule has 1 saturated heterocycles. The molecule has 1 aromatic heterocycles. The smallest absolute Gasteiger partial charge is 0.210 e. The summed E-state index contributed by atoms with van der Waals surface area (Å²) in [7, 11) is -2.34. The number of amides is 1. The summed E-state index contributed by atoms with van der Waals surface area (Å²) < 4.78 is 56.8. The molecular weight excluding hydrogens is 484 g/mol. The van der Waals surface area contributed by atoms with Crippen molar-refractivity contribution >= 4 is 27.8 Å². The first-order valence-electron chi connectivity index (χ1n) is 10.5. The zero-order chi connectivity index (χ0) is 24.6. The lowest BCUT2D eigenvalue weighted by Crippen LogP contribution is -2.46. The van der Waals surface area contributed by atoms with E-state index in [1.807, 2.05) is 11.9 Å². The van der Waals surface area contributed by atoms with Gasteiger partial charge in [-0.2, -0.15) is 0 Å². The molecule has 1 atom stereocenters. The van der Waals surface area contributed by atoms with Crippen LogP contribution < -0.4 is 0 Å². The van der Waals surface area contributed by atoms with E-state index in [1.54, 1.807) is 6.92 Å². The van der Waals surface area contributed by atoms with Gasteiger partial charge in [0, 0.05) is 53.2 Å². The fourth-order valence-electron chi connectivity index (χ4n) is 4.24. The number of carbonyl (C=O) groups is 1. The van der Waals surface area contributed by atoms with E-state index in [0.717, 1.165) is 24.4 Å². The van der Waals surface area contributed by atoms with Crippen molar-refractivity contribution in [2.75, 3.05) is 26.7 Å². The Labute approximate surface area is 201 Å². The highest BCUT2D eigenvalue weighted by Crippen LogP contribution is 2.41. The molecule has 2 aromatic carbocycles. The predicted molar refractivity (Wildman–Crippen MR) is 124 cm³/mol. The van der Waals surface area contributed by atoms with Crippen LogP contribution in [-0.4, -0.2) is 56.3 Å². The monoisotopic (exact) mass is 505 g/mol. The second-order valence-corrected chi connectivity index (χ2v) is 10.6. The summed E-state index contributed by atoms with van der Waals surface area (Å²) in [6, 6.07) is 7.82. The number of pyridine rings is 1. The Kier molecular flexibility index (Phi) is 6.71. The van der Waals surface area contributed by atoms with Gasteiger partial charge in [0.1, 0.15) is 11.6 Å². The van der Waals surface area contributed by atoms with E-state index in [2.05, 4.69) is 4.98 Å². The van der Waals surface area contributed by atoms with Crippen LogP contribution >= 0.6 is 11.6 Å². The predicted octanol–water partition coefficient (Wildman–Crippen LogP) is 4.27. The standard InChI is InChI=1S/C24H22ClF2N3O3S/c1-15-23(21-13-29(2)9-10-30(21)14-31)24(19-11-17(26)5-8-20(19)27)22(12-28-15)34(32,33)18-6-3-16(25)4-7-18/h3-8,11-12,14,21H,9-10,13H2,1-2H3. The molecule has 0 aliphatic carbocycles. The molecule has 3 aromatic rings. The average molecular weight is 506 g/mol. The van der Waals surface area contributed by atoms with Gasteiger partial charge in [-0.05, 0) is 56.4 Å². The van der Waals surface area contributed by atoms with Crippen molar-refractivity contribution < 1.29 is 22.0 Å². The van der Waals surface area contributed by atoms with Crippen LogP contribution in [0.2, 0.25) is 5.02 Å². The molecule has 1 unspecified atom stereocenters. The molecule has 0 saturated carbocycles. The van der Waals surface area contributed by atoms with E-state index in [9.17, 15) is 17.6 Å². The number of hydrogen-bond acceptors (Lipinski definition) is 5. The molecule has 2 heterocycles. The van der Waals surface area contributed by atoms with Crippen molar-refractivity contribution in [2.45, 2.75) is 22.8 Å². The van der Waals surface area contributed by atoms with Crippen molar-refractivity contribution in [3.63, 3.8) is 0 Å². The Morgan fingerprint density at radius 1 is 1.12 bits per heavy atom. The van der Waals surface area contributed by atoms with Gasteiger partial charge in [0.2, 0.25) is 16.2 Å². The Morgan fingerprint density at radius 3 is 2.50 bits per heavy atom. The lowest BCUT2D eigenvalue weighted by molar-refractivity contribution is -0.122. The second kappa shape index (κ2) is 9.40. The number of aromatic nitrogens is 1. The fourth-order valence-corrected chi connectivity index (χ4v) is 5.79. The summed E-state index contributed by atoms with van der Waals surface area (Å²) in [6.45, 7) is 3.04. The van der Waals surface area contributed by atoms with Crippen LogP contribution in [0.1, 0.15) is 17.3 Å². The number of halogens is 3. The first kappa shape index (κ1) is 24.3. The number of carbonyl (C=O) groups excluding carboxylic acids is 1. The highest BCUT2D eigenvalue weighted by atomic mass is 35.5. The molecular formula is C24H22ClF2N3O3S. The number of hydrogen-bond donors (Lipinski definition) is 0. The Morgan fingerprint density at radius 2 is 1.82 bits per heavy atom. The van der Waals surface area contributed by atoms with Crippen molar-refractivity contribution in [3.05, 3.63) is 76.6 Å². The maximum Gasteiger partial charge on any atom is 0.210 e. The first-order valence-corrected chi connectivity index (χ1v) is 12.3. The molecule has 4 rings (SSSR count). The third kappa shape index (κ3) is 4.43. The normalized spacial score (nSPS) is 17.1. The van der Waals surface area contributed by atoms with Crippen LogP contribution in [0.15, 0.2) is 58.5 Å². The van der Waals surface area contributed by atoms with Crippen molar-refractivity contribution in [1.29, 1.82) is 0 Å². The molecule has 0 N–H and O–H groups in total. The SMILES string of the molecule is Cc1ncc(S(=O)(=O)c2ccc(Cl)cc2)c(-c2cc(F)ccc2F)c1C1CN(C)CCN1C=O. The minimum atomic E-state index is -4.21.